The maximum Gasteiger partial charge on any atom is 0.251 e. The summed E-state index contributed by atoms with van der Waals surface area (Å²) in [7, 11) is 0. The Hall–Kier alpha value is -1.03. The smallest absolute Gasteiger partial charge is 0.251 e. The van der Waals surface area contributed by atoms with Gasteiger partial charge in [0.05, 0.1) is 6.61 Å². The predicted molar refractivity (Wildman–Crippen MR) is 82.2 cm³/mol. The maximum absolute atomic E-state index is 11.8. The number of unbranched alkanes of at least 4 members (excludes halogenated alkanes) is 3. The molecule has 0 aliphatic carbocycles. The second kappa shape index (κ2) is 9.84. The quantitative estimate of drug-likeness (QED) is 0.553. The highest BCUT2D eigenvalue weighted by atomic mass is 79.9. The fourth-order valence-corrected chi connectivity index (χ4v) is 2.14. The number of hydrogen-bond acceptors (Lipinski definition) is 2. The van der Waals surface area contributed by atoms with Gasteiger partial charge < -0.3 is 10.1 Å². The molecule has 0 aromatic heterocycles. The van der Waals surface area contributed by atoms with E-state index < -0.39 is 0 Å². The van der Waals surface area contributed by atoms with Crippen LogP contribution in [0.15, 0.2) is 24.3 Å². The average molecular weight is 328 g/mol. The topological polar surface area (TPSA) is 38.3 Å². The lowest BCUT2D eigenvalue weighted by Crippen LogP contribution is -2.24. The lowest BCUT2D eigenvalue weighted by Gasteiger charge is -2.06. The summed E-state index contributed by atoms with van der Waals surface area (Å²) in [6.45, 7) is 3.32. The first-order chi connectivity index (χ1) is 9.27. The molecule has 0 bridgehead atoms. The first-order valence-corrected chi connectivity index (χ1v) is 7.97. The van der Waals surface area contributed by atoms with E-state index in [9.17, 15) is 4.79 Å². The Kier molecular flexibility index (Phi) is 8.30. The molecule has 0 aliphatic rings. The van der Waals surface area contributed by atoms with Gasteiger partial charge in [-0.25, -0.2) is 0 Å². The second-order valence-corrected chi connectivity index (χ2v) is 5.11. The molecule has 0 fully saturated rings. The molecule has 3 nitrogen and oxygen atoms in total. The van der Waals surface area contributed by atoms with Crippen molar-refractivity contribution < 1.29 is 9.53 Å². The lowest BCUT2D eigenvalue weighted by molar-refractivity contribution is 0.0953. The van der Waals surface area contributed by atoms with Crippen molar-refractivity contribution in [2.75, 3.05) is 18.5 Å². The molecular formula is C15H22BrNO2. The van der Waals surface area contributed by atoms with Gasteiger partial charge in [-0.05, 0) is 44.0 Å². The zero-order valence-corrected chi connectivity index (χ0v) is 13.0. The highest BCUT2D eigenvalue weighted by Gasteiger charge is 2.04. The van der Waals surface area contributed by atoms with Crippen LogP contribution in [-0.4, -0.2) is 24.4 Å². The molecule has 19 heavy (non-hydrogen) atoms. The Balaban J connectivity index is 2.25. The average Bonchev–Trinajstić information content (AvgIpc) is 2.43. The van der Waals surface area contributed by atoms with Crippen LogP contribution in [-0.2, 0) is 0 Å². The Labute approximate surface area is 123 Å². The number of carbonyl (C=O) groups is 1. The van der Waals surface area contributed by atoms with E-state index in [2.05, 4.69) is 21.2 Å². The van der Waals surface area contributed by atoms with Crippen molar-refractivity contribution in [2.45, 2.75) is 32.6 Å². The molecule has 0 aliphatic heterocycles. The van der Waals surface area contributed by atoms with Crippen molar-refractivity contribution in [3.05, 3.63) is 29.8 Å². The zero-order valence-electron chi connectivity index (χ0n) is 11.5. The van der Waals surface area contributed by atoms with Crippen molar-refractivity contribution in [2.24, 2.45) is 0 Å². The van der Waals surface area contributed by atoms with Gasteiger partial charge >= 0.3 is 0 Å². The van der Waals surface area contributed by atoms with Gasteiger partial charge in [0.1, 0.15) is 5.75 Å². The molecular weight excluding hydrogens is 306 g/mol. The number of halogens is 1. The molecule has 0 saturated heterocycles. The highest BCUT2D eigenvalue weighted by molar-refractivity contribution is 9.09. The van der Waals surface area contributed by atoms with Crippen LogP contribution in [0.1, 0.15) is 43.0 Å². The van der Waals surface area contributed by atoms with Crippen molar-refractivity contribution in [3.8, 4) is 5.75 Å². The van der Waals surface area contributed by atoms with Crippen LogP contribution in [0.4, 0.5) is 0 Å². The summed E-state index contributed by atoms with van der Waals surface area (Å²) < 4.78 is 5.34. The monoisotopic (exact) mass is 327 g/mol. The third kappa shape index (κ3) is 6.62. The molecule has 0 heterocycles. The van der Waals surface area contributed by atoms with Crippen LogP contribution < -0.4 is 10.1 Å². The van der Waals surface area contributed by atoms with E-state index in [0.29, 0.717) is 12.2 Å². The molecule has 1 amide bonds. The maximum atomic E-state index is 11.8. The molecule has 1 aromatic rings. The van der Waals surface area contributed by atoms with E-state index in [1.165, 1.54) is 12.8 Å². The predicted octanol–water partition coefficient (Wildman–Crippen LogP) is 3.77. The lowest BCUT2D eigenvalue weighted by atomic mass is 10.2. The van der Waals surface area contributed by atoms with Gasteiger partial charge in [-0.1, -0.05) is 28.8 Å². The number of amides is 1. The summed E-state index contributed by atoms with van der Waals surface area (Å²) in [4.78, 5) is 11.8. The number of rotatable bonds is 9. The molecule has 0 atom stereocenters. The van der Waals surface area contributed by atoms with Gasteiger partial charge in [0.2, 0.25) is 0 Å². The van der Waals surface area contributed by atoms with E-state index >= 15 is 0 Å². The molecule has 4 heteroatoms. The summed E-state index contributed by atoms with van der Waals surface area (Å²) in [5, 5.41) is 4.00. The summed E-state index contributed by atoms with van der Waals surface area (Å²) in [5.41, 5.74) is 0.684. The van der Waals surface area contributed by atoms with Crippen LogP contribution in [0.3, 0.4) is 0 Å². The second-order valence-electron chi connectivity index (χ2n) is 4.32. The van der Waals surface area contributed by atoms with E-state index in [1.54, 1.807) is 12.1 Å². The molecule has 1 rings (SSSR count). The van der Waals surface area contributed by atoms with Gasteiger partial charge in [0.15, 0.2) is 0 Å². The molecule has 0 saturated carbocycles. The van der Waals surface area contributed by atoms with Crippen molar-refractivity contribution in [3.63, 3.8) is 0 Å². The molecule has 0 unspecified atom stereocenters. The minimum Gasteiger partial charge on any atom is -0.494 e. The van der Waals surface area contributed by atoms with E-state index in [0.717, 1.165) is 30.5 Å². The summed E-state index contributed by atoms with van der Waals surface area (Å²) in [6, 6.07) is 7.25. The summed E-state index contributed by atoms with van der Waals surface area (Å²) in [5.74, 6) is 0.789. The largest absolute Gasteiger partial charge is 0.494 e. The van der Waals surface area contributed by atoms with E-state index in [-0.39, 0.29) is 5.91 Å². The van der Waals surface area contributed by atoms with Crippen LogP contribution in [0, 0.1) is 0 Å². The van der Waals surface area contributed by atoms with Crippen molar-refractivity contribution in [1.82, 2.24) is 5.32 Å². The van der Waals surface area contributed by atoms with Gasteiger partial charge in [-0.2, -0.15) is 0 Å². The van der Waals surface area contributed by atoms with Crippen LogP contribution in [0.5, 0.6) is 5.75 Å². The molecule has 0 radical (unpaired) electrons. The van der Waals surface area contributed by atoms with Gasteiger partial charge in [-0.15, -0.1) is 0 Å². The fourth-order valence-electron chi connectivity index (χ4n) is 1.75. The highest BCUT2D eigenvalue weighted by Crippen LogP contribution is 2.12. The molecule has 0 spiro atoms. The summed E-state index contributed by atoms with van der Waals surface area (Å²) >= 11 is 3.41. The number of carbonyl (C=O) groups excluding carboxylic acids is 1. The zero-order chi connectivity index (χ0) is 13.9. The number of nitrogens with one attached hydrogen (secondary N) is 1. The minimum atomic E-state index is -0.0106. The number of alkyl halides is 1. The van der Waals surface area contributed by atoms with Crippen LogP contribution in [0.2, 0.25) is 0 Å². The van der Waals surface area contributed by atoms with Crippen molar-refractivity contribution >= 4 is 21.8 Å². The third-order valence-electron chi connectivity index (χ3n) is 2.77. The van der Waals surface area contributed by atoms with Crippen molar-refractivity contribution in [1.29, 1.82) is 0 Å². The SMILES string of the molecule is CCOc1ccc(C(=O)NCCCCCCBr)cc1. The fraction of sp³-hybridized carbons (Fsp3) is 0.533. The Morgan fingerprint density at radius 3 is 2.47 bits per heavy atom. The Morgan fingerprint density at radius 1 is 1.16 bits per heavy atom. The molecule has 1 aromatic carbocycles. The summed E-state index contributed by atoms with van der Waals surface area (Å²) in [6.07, 6.45) is 4.61. The Morgan fingerprint density at radius 2 is 1.84 bits per heavy atom. The van der Waals surface area contributed by atoms with Gasteiger partial charge in [-0.3, -0.25) is 4.79 Å². The molecule has 106 valence electrons. The number of benzene rings is 1. The number of hydrogen-bond donors (Lipinski definition) is 1. The number of ether oxygens (including phenoxy) is 1. The van der Waals surface area contributed by atoms with Crippen LogP contribution in [0.25, 0.3) is 0 Å². The third-order valence-corrected chi connectivity index (χ3v) is 3.33. The van der Waals surface area contributed by atoms with Crippen LogP contribution >= 0.6 is 15.9 Å². The van der Waals surface area contributed by atoms with Gasteiger partial charge in [0, 0.05) is 17.4 Å². The first kappa shape index (κ1) is 16.0. The standard InChI is InChI=1S/C15H22BrNO2/c1-2-19-14-9-7-13(8-10-14)15(18)17-12-6-4-3-5-11-16/h7-10H,2-6,11-12H2,1H3,(H,17,18). The Bertz CT molecular complexity index is 365. The van der Waals surface area contributed by atoms with E-state index in [1.807, 2.05) is 19.1 Å². The van der Waals surface area contributed by atoms with E-state index in [4.69, 9.17) is 4.74 Å². The molecule has 1 N–H and O–H groups in total. The minimum absolute atomic E-state index is 0.0106. The normalized spacial score (nSPS) is 10.2. The van der Waals surface area contributed by atoms with Gasteiger partial charge in [0.25, 0.3) is 5.91 Å². The first-order valence-electron chi connectivity index (χ1n) is 6.85.